The first-order valence-corrected chi connectivity index (χ1v) is 15.0. The van der Waals surface area contributed by atoms with Gasteiger partial charge in [0.2, 0.25) is 26.0 Å². The van der Waals surface area contributed by atoms with Crippen LogP contribution in [0.25, 0.3) is 11.6 Å². The van der Waals surface area contributed by atoms with Crippen LogP contribution in [0.1, 0.15) is 17.5 Å². The molecular weight excluding hydrogens is 524 g/mol. The van der Waals surface area contributed by atoms with E-state index in [0.29, 0.717) is 16.9 Å². The predicted octanol–water partition coefficient (Wildman–Crippen LogP) is 3.23. The molecule has 1 aromatic heterocycles. The number of rotatable bonds is 9. The van der Waals surface area contributed by atoms with Gasteiger partial charge >= 0.3 is 0 Å². The van der Waals surface area contributed by atoms with E-state index >= 15 is 0 Å². The van der Waals surface area contributed by atoms with Crippen molar-refractivity contribution in [2.45, 2.75) is 11.2 Å². The first kappa shape index (κ1) is 27.1. The van der Waals surface area contributed by atoms with Gasteiger partial charge in [0.1, 0.15) is 4.75 Å². The summed E-state index contributed by atoms with van der Waals surface area (Å²) in [6, 6.07) is 17.9. The molecule has 9 nitrogen and oxygen atoms in total. The van der Waals surface area contributed by atoms with E-state index in [1.807, 2.05) is 30.3 Å². The fourth-order valence-electron chi connectivity index (χ4n) is 3.98. The third-order valence-electron chi connectivity index (χ3n) is 6.10. The van der Waals surface area contributed by atoms with Crippen LogP contribution in [0.5, 0.6) is 0 Å². The van der Waals surface area contributed by atoms with Crippen LogP contribution in [0.4, 0.5) is 11.4 Å². The molecule has 11 heteroatoms. The van der Waals surface area contributed by atoms with Gasteiger partial charge in [0, 0.05) is 25.0 Å². The number of sulfonamides is 1. The van der Waals surface area contributed by atoms with Crippen molar-refractivity contribution < 1.29 is 21.6 Å². The monoisotopic (exact) mass is 552 g/mol. The van der Waals surface area contributed by atoms with Crippen molar-refractivity contribution in [3.63, 3.8) is 0 Å². The lowest BCUT2D eigenvalue weighted by Crippen LogP contribution is -2.49. The minimum Gasteiger partial charge on any atom is -0.397 e. The highest BCUT2D eigenvalue weighted by Gasteiger charge is 2.43. The van der Waals surface area contributed by atoms with Crippen LogP contribution in [0.15, 0.2) is 97.4 Å². The average molecular weight is 553 g/mol. The minimum absolute atomic E-state index is 0.0584. The molecule has 0 bridgehead atoms. The number of nitrogens with two attached hydrogens (primary N) is 1. The molecule has 0 saturated heterocycles. The van der Waals surface area contributed by atoms with Gasteiger partial charge in [-0.2, -0.15) is 0 Å². The van der Waals surface area contributed by atoms with Gasteiger partial charge in [-0.25, -0.2) is 21.6 Å². The normalized spacial score (nSPS) is 17.9. The van der Waals surface area contributed by atoms with Crippen molar-refractivity contribution in [2.24, 2.45) is 0 Å². The van der Waals surface area contributed by atoms with Crippen molar-refractivity contribution in [3.05, 3.63) is 108 Å². The lowest BCUT2D eigenvalue weighted by atomic mass is 9.92. The summed E-state index contributed by atoms with van der Waals surface area (Å²) >= 11 is 0. The third-order valence-corrected chi connectivity index (χ3v) is 9.03. The Morgan fingerprint density at radius 2 is 1.76 bits per heavy atom. The third kappa shape index (κ3) is 6.13. The molecule has 1 atom stereocenters. The molecule has 1 heterocycles. The Hall–Kier alpha value is -3.93. The topological polar surface area (TPSA) is 140 Å². The quantitative estimate of drug-likeness (QED) is 0.275. The molecule has 0 spiro atoms. The molecular formula is C27H28N4O5S2. The number of anilines is 2. The van der Waals surface area contributed by atoms with Crippen molar-refractivity contribution in [1.29, 1.82) is 0 Å². The maximum atomic E-state index is 13.8. The Bertz CT molecular complexity index is 1640. The molecule has 4 rings (SSSR count). The van der Waals surface area contributed by atoms with Crippen LogP contribution in [0, 0.1) is 0 Å². The van der Waals surface area contributed by atoms with E-state index < -0.39 is 30.7 Å². The Labute approximate surface area is 222 Å². The number of hydrogen-bond acceptors (Lipinski definition) is 6. The first-order chi connectivity index (χ1) is 18.0. The molecule has 1 aliphatic rings. The SMILES string of the molecule is CS(=O)(=O)NCC1(S(=O)(=O)n2ccc(/C=C/C(=O)Nc3ccccc3N)c2)C=CC(c2ccccc2)=CC1. The van der Waals surface area contributed by atoms with E-state index in [1.54, 1.807) is 42.5 Å². The molecule has 0 saturated carbocycles. The van der Waals surface area contributed by atoms with Crippen molar-refractivity contribution in [1.82, 2.24) is 8.69 Å². The van der Waals surface area contributed by atoms with Gasteiger partial charge in [-0.3, -0.25) is 8.77 Å². The number of nitrogen functional groups attached to an aromatic ring is 1. The Kier molecular flexibility index (Phi) is 7.72. The lowest BCUT2D eigenvalue weighted by Gasteiger charge is -2.32. The number of para-hydroxylation sites is 2. The minimum atomic E-state index is -4.12. The van der Waals surface area contributed by atoms with Crippen LogP contribution in [-0.4, -0.2) is 44.3 Å². The van der Waals surface area contributed by atoms with Gasteiger partial charge in [-0.1, -0.05) is 60.7 Å². The average Bonchev–Trinajstić information content (AvgIpc) is 3.38. The Morgan fingerprint density at radius 3 is 2.42 bits per heavy atom. The molecule has 4 N–H and O–H groups in total. The summed E-state index contributed by atoms with van der Waals surface area (Å²) in [5.74, 6) is -0.430. The summed E-state index contributed by atoms with van der Waals surface area (Å²) < 4.78 is 53.2. The zero-order chi connectivity index (χ0) is 27.4. The molecule has 38 heavy (non-hydrogen) atoms. The highest BCUT2D eigenvalue weighted by molar-refractivity contribution is 7.91. The zero-order valence-corrected chi connectivity index (χ0v) is 22.2. The predicted molar refractivity (Wildman–Crippen MR) is 151 cm³/mol. The van der Waals surface area contributed by atoms with Crippen LogP contribution in [-0.2, 0) is 24.8 Å². The number of allylic oxidation sites excluding steroid dienone is 3. The maximum Gasteiger partial charge on any atom is 0.249 e. The van der Waals surface area contributed by atoms with Gasteiger partial charge in [0.15, 0.2) is 0 Å². The number of amides is 1. The number of hydrogen-bond donors (Lipinski definition) is 3. The zero-order valence-electron chi connectivity index (χ0n) is 20.6. The summed E-state index contributed by atoms with van der Waals surface area (Å²) in [5.41, 5.74) is 8.97. The van der Waals surface area contributed by atoms with Crippen molar-refractivity contribution in [3.8, 4) is 0 Å². The van der Waals surface area contributed by atoms with Gasteiger partial charge in [0.25, 0.3) is 0 Å². The summed E-state index contributed by atoms with van der Waals surface area (Å²) in [4.78, 5) is 12.3. The molecule has 0 aliphatic heterocycles. The summed E-state index contributed by atoms with van der Waals surface area (Å²) in [6.07, 6.45) is 11.6. The number of nitrogens with zero attached hydrogens (tertiary/aromatic N) is 1. The summed E-state index contributed by atoms with van der Waals surface area (Å²) in [5, 5.41) is 2.67. The second kappa shape index (κ2) is 10.8. The van der Waals surface area contributed by atoms with Crippen LogP contribution >= 0.6 is 0 Å². The van der Waals surface area contributed by atoms with E-state index in [2.05, 4.69) is 10.0 Å². The highest BCUT2D eigenvalue weighted by atomic mass is 32.2. The largest absolute Gasteiger partial charge is 0.397 e. The van der Waals surface area contributed by atoms with E-state index in [1.165, 1.54) is 30.6 Å². The van der Waals surface area contributed by atoms with Crippen molar-refractivity contribution in [2.75, 3.05) is 23.9 Å². The number of benzene rings is 2. The van der Waals surface area contributed by atoms with E-state index in [-0.39, 0.29) is 13.0 Å². The smallest absolute Gasteiger partial charge is 0.249 e. The number of carbonyl (C=O) groups excluding carboxylic acids is 1. The Morgan fingerprint density at radius 1 is 1.05 bits per heavy atom. The summed E-state index contributed by atoms with van der Waals surface area (Å²) in [7, 11) is -7.77. The summed E-state index contributed by atoms with van der Waals surface area (Å²) in [6.45, 7) is -0.340. The van der Waals surface area contributed by atoms with E-state index in [0.717, 1.165) is 21.4 Å². The van der Waals surface area contributed by atoms with Gasteiger partial charge < -0.3 is 11.1 Å². The Balaban J connectivity index is 1.57. The van der Waals surface area contributed by atoms with Gasteiger partial charge in [0.05, 0.1) is 17.6 Å². The van der Waals surface area contributed by atoms with E-state index in [4.69, 9.17) is 5.73 Å². The second-order valence-electron chi connectivity index (χ2n) is 8.91. The molecule has 1 aliphatic carbocycles. The highest BCUT2D eigenvalue weighted by Crippen LogP contribution is 2.34. The molecule has 3 aromatic rings. The standard InChI is InChI=1S/C27H28N4O5S2/c1-37(33,34)29-20-27(16-13-23(14-17-27)22-7-3-2-4-8-22)38(35,36)31-18-15-21(19-31)11-12-26(32)30-25-10-6-5-9-24(25)28/h2-16,18-19,29H,17,20,28H2,1H3,(H,30,32)/b12-11+. The molecule has 1 unspecified atom stereocenters. The van der Waals surface area contributed by atoms with Crippen molar-refractivity contribution >= 4 is 49.0 Å². The van der Waals surface area contributed by atoms with Gasteiger partial charge in [-0.05, 0) is 47.4 Å². The van der Waals surface area contributed by atoms with Crippen LogP contribution in [0.2, 0.25) is 0 Å². The fourth-order valence-corrected chi connectivity index (χ4v) is 6.28. The first-order valence-electron chi connectivity index (χ1n) is 11.7. The maximum absolute atomic E-state index is 13.8. The molecule has 0 fully saturated rings. The molecule has 1 amide bonds. The lowest BCUT2D eigenvalue weighted by molar-refractivity contribution is -0.111. The number of aromatic nitrogens is 1. The number of nitrogens with one attached hydrogen (secondary N) is 2. The molecule has 198 valence electrons. The second-order valence-corrected chi connectivity index (χ2v) is 12.9. The molecule has 0 radical (unpaired) electrons. The number of carbonyl (C=O) groups is 1. The van der Waals surface area contributed by atoms with Crippen LogP contribution < -0.4 is 15.8 Å². The molecule has 2 aromatic carbocycles. The van der Waals surface area contributed by atoms with Crippen LogP contribution in [0.3, 0.4) is 0 Å². The van der Waals surface area contributed by atoms with E-state index in [9.17, 15) is 21.6 Å². The fraction of sp³-hybridized carbons (Fsp3) is 0.148. The van der Waals surface area contributed by atoms with Gasteiger partial charge in [-0.15, -0.1) is 0 Å².